The number of nitrogens with zero attached hydrogens (tertiary/aromatic N) is 2. The lowest BCUT2D eigenvalue weighted by molar-refractivity contribution is 0.474. The summed E-state index contributed by atoms with van der Waals surface area (Å²) in [4.78, 5) is 5.76. The Morgan fingerprint density at radius 2 is 2.32 bits per heavy atom. The lowest BCUT2D eigenvalue weighted by Gasteiger charge is -2.17. The van der Waals surface area contributed by atoms with Gasteiger partial charge in [-0.15, -0.1) is 11.3 Å². The SMILES string of the molecule is C[C@H]1CCc2c(sc(/N=C/c3cc(Br)ccc3O)c2C#N)C1. The molecule has 3 rings (SSSR count). The number of hydrogen-bond donors (Lipinski definition) is 1. The molecule has 0 bridgehead atoms. The van der Waals surface area contributed by atoms with Gasteiger partial charge in [0.2, 0.25) is 0 Å². The van der Waals surface area contributed by atoms with Gasteiger partial charge in [0.15, 0.2) is 0 Å². The molecule has 2 aromatic rings. The Hall–Kier alpha value is -1.64. The number of hydrogen-bond acceptors (Lipinski definition) is 4. The topological polar surface area (TPSA) is 56.4 Å². The molecule has 1 aliphatic carbocycles. The van der Waals surface area contributed by atoms with Crippen molar-refractivity contribution in [3.05, 3.63) is 44.2 Å². The van der Waals surface area contributed by atoms with E-state index in [1.165, 1.54) is 10.4 Å². The molecule has 0 spiro atoms. The quantitative estimate of drug-likeness (QED) is 0.754. The van der Waals surface area contributed by atoms with E-state index in [1.54, 1.807) is 35.8 Å². The van der Waals surface area contributed by atoms with E-state index in [0.717, 1.165) is 28.7 Å². The van der Waals surface area contributed by atoms with Gasteiger partial charge in [-0.05, 0) is 48.9 Å². The first kappa shape index (κ1) is 15.3. The molecule has 1 aliphatic rings. The zero-order valence-electron chi connectivity index (χ0n) is 12.1. The van der Waals surface area contributed by atoms with Gasteiger partial charge in [-0.2, -0.15) is 5.26 Å². The first-order valence-corrected chi connectivity index (χ1v) is 8.76. The molecule has 112 valence electrons. The Labute approximate surface area is 142 Å². The minimum Gasteiger partial charge on any atom is -0.507 e. The summed E-state index contributed by atoms with van der Waals surface area (Å²) in [5.41, 5.74) is 2.52. The lowest BCUT2D eigenvalue weighted by Crippen LogP contribution is -2.09. The van der Waals surface area contributed by atoms with E-state index < -0.39 is 0 Å². The smallest absolute Gasteiger partial charge is 0.134 e. The largest absolute Gasteiger partial charge is 0.507 e. The number of aromatic hydroxyl groups is 1. The highest BCUT2D eigenvalue weighted by Crippen LogP contribution is 2.40. The van der Waals surface area contributed by atoms with E-state index in [-0.39, 0.29) is 5.75 Å². The Morgan fingerprint density at radius 3 is 3.09 bits per heavy atom. The first-order valence-electron chi connectivity index (χ1n) is 7.15. The summed E-state index contributed by atoms with van der Waals surface area (Å²) in [7, 11) is 0. The summed E-state index contributed by atoms with van der Waals surface area (Å²) in [6.07, 6.45) is 4.76. The molecule has 1 aromatic heterocycles. The maximum atomic E-state index is 9.86. The van der Waals surface area contributed by atoms with Crippen LogP contribution in [-0.2, 0) is 12.8 Å². The van der Waals surface area contributed by atoms with E-state index in [1.807, 2.05) is 0 Å². The van der Waals surface area contributed by atoms with Crippen molar-refractivity contribution in [2.75, 3.05) is 0 Å². The Balaban J connectivity index is 1.97. The van der Waals surface area contributed by atoms with Gasteiger partial charge in [-0.1, -0.05) is 22.9 Å². The average Bonchev–Trinajstić information content (AvgIpc) is 2.84. The monoisotopic (exact) mass is 374 g/mol. The van der Waals surface area contributed by atoms with Crippen LogP contribution in [0.25, 0.3) is 0 Å². The Morgan fingerprint density at radius 1 is 1.50 bits per heavy atom. The first-order chi connectivity index (χ1) is 10.6. The Bertz CT molecular complexity index is 789. The predicted octanol–water partition coefficient (Wildman–Crippen LogP) is 4.96. The summed E-state index contributed by atoms with van der Waals surface area (Å²) < 4.78 is 0.881. The van der Waals surface area contributed by atoms with Crippen molar-refractivity contribution in [2.24, 2.45) is 10.9 Å². The Kier molecular flexibility index (Phi) is 4.32. The van der Waals surface area contributed by atoms with E-state index in [0.29, 0.717) is 17.0 Å². The van der Waals surface area contributed by atoms with E-state index in [2.05, 4.69) is 33.9 Å². The van der Waals surface area contributed by atoms with Crippen LogP contribution in [0, 0.1) is 17.2 Å². The van der Waals surface area contributed by atoms with Gasteiger partial charge in [0.05, 0.1) is 5.56 Å². The number of nitriles is 1. The van der Waals surface area contributed by atoms with Crippen LogP contribution < -0.4 is 0 Å². The average molecular weight is 375 g/mol. The number of aliphatic imine (C=N–C) groups is 1. The van der Waals surface area contributed by atoms with Gasteiger partial charge in [-0.3, -0.25) is 0 Å². The number of rotatable bonds is 2. The molecular weight excluding hydrogens is 360 g/mol. The minimum absolute atomic E-state index is 0.181. The molecule has 0 amide bonds. The van der Waals surface area contributed by atoms with Crippen LogP contribution in [0.4, 0.5) is 5.00 Å². The fraction of sp³-hybridized carbons (Fsp3) is 0.294. The van der Waals surface area contributed by atoms with Crippen LogP contribution in [0.3, 0.4) is 0 Å². The van der Waals surface area contributed by atoms with Crippen molar-refractivity contribution in [2.45, 2.75) is 26.2 Å². The van der Waals surface area contributed by atoms with Crippen LogP contribution in [0.5, 0.6) is 5.75 Å². The van der Waals surface area contributed by atoms with Crippen LogP contribution in [0.15, 0.2) is 27.7 Å². The van der Waals surface area contributed by atoms with E-state index >= 15 is 0 Å². The molecule has 1 heterocycles. The molecule has 0 fully saturated rings. The third-order valence-electron chi connectivity index (χ3n) is 3.92. The highest BCUT2D eigenvalue weighted by atomic mass is 79.9. The van der Waals surface area contributed by atoms with Crippen molar-refractivity contribution in [1.29, 1.82) is 5.26 Å². The maximum Gasteiger partial charge on any atom is 0.134 e. The van der Waals surface area contributed by atoms with E-state index in [9.17, 15) is 10.4 Å². The molecule has 0 unspecified atom stereocenters. The van der Waals surface area contributed by atoms with Crippen LogP contribution in [0.1, 0.15) is 34.9 Å². The summed E-state index contributed by atoms with van der Waals surface area (Å²) >= 11 is 4.99. The number of phenolic OH excluding ortho intramolecular Hbond substituents is 1. The zero-order chi connectivity index (χ0) is 15.7. The molecule has 3 nitrogen and oxygen atoms in total. The third-order valence-corrected chi connectivity index (χ3v) is 5.57. The van der Waals surface area contributed by atoms with E-state index in [4.69, 9.17) is 0 Å². The summed E-state index contributed by atoms with van der Waals surface area (Å²) in [6.45, 7) is 2.25. The number of benzene rings is 1. The fourth-order valence-corrected chi connectivity index (χ4v) is 4.38. The second-order valence-corrected chi connectivity index (χ2v) is 7.60. The number of fused-ring (bicyclic) bond motifs is 1. The van der Waals surface area contributed by atoms with Crippen LogP contribution >= 0.6 is 27.3 Å². The standard InChI is InChI=1S/C17H15BrN2OS/c1-10-2-4-13-14(8-19)17(22-16(13)6-10)20-9-11-7-12(18)3-5-15(11)21/h3,5,7,9-10,21H,2,4,6H2,1H3/b20-9+/t10-/m0/s1. The molecule has 0 aliphatic heterocycles. The van der Waals surface area contributed by atoms with Crippen molar-refractivity contribution in [3.63, 3.8) is 0 Å². The summed E-state index contributed by atoms with van der Waals surface area (Å²) in [5.74, 6) is 0.851. The number of phenols is 1. The number of halogens is 1. The molecule has 1 aromatic carbocycles. The van der Waals surface area contributed by atoms with Gasteiger partial charge >= 0.3 is 0 Å². The molecule has 0 saturated heterocycles. The van der Waals surface area contributed by atoms with Gasteiger partial charge in [0, 0.05) is 21.1 Å². The van der Waals surface area contributed by atoms with Crippen LogP contribution in [0.2, 0.25) is 0 Å². The maximum absolute atomic E-state index is 9.86. The van der Waals surface area contributed by atoms with Gasteiger partial charge in [0.1, 0.15) is 16.8 Å². The zero-order valence-corrected chi connectivity index (χ0v) is 14.5. The number of thiophene rings is 1. The fourth-order valence-electron chi connectivity index (χ4n) is 2.70. The molecule has 1 N–H and O–H groups in total. The van der Waals surface area contributed by atoms with Crippen LogP contribution in [-0.4, -0.2) is 11.3 Å². The highest BCUT2D eigenvalue weighted by Gasteiger charge is 2.23. The summed E-state index contributed by atoms with van der Waals surface area (Å²) in [6, 6.07) is 7.51. The molecule has 22 heavy (non-hydrogen) atoms. The predicted molar refractivity (Wildman–Crippen MR) is 93.3 cm³/mol. The van der Waals surface area contributed by atoms with Crippen molar-refractivity contribution in [1.82, 2.24) is 0 Å². The van der Waals surface area contributed by atoms with Crippen molar-refractivity contribution >= 4 is 38.5 Å². The normalized spacial score (nSPS) is 17.4. The van der Waals surface area contributed by atoms with Gasteiger partial charge < -0.3 is 5.11 Å². The highest BCUT2D eigenvalue weighted by molar-refractivity contribution is 9.10. The molecule has 0 saturated carbocycles. The second kappa shape index (κ2) is 6.23. The lowest BCUT2D eigenvalue weighted by atomic mass is 9.89. The van der Waals surface area contributed by atoms with Gasteiger partial charge in [-0.25, -0.2) is 4.99 Å². The third kappa shape index (κ3) is 2.94. The van der Waals surface area contributed by atoms with Crippen molar-refractivity contribution in [3.8, 4) is 11.8 Å². The summed E-state index contributed by atoms with van der Waals surface area (Å²) in [5, 5.41) is 20.1. The van der Waals surface area contributed by atoms with Gasteiger partial charge in [0.25, 0.3) is 0 Å². The molecule has 5 heteroatoms. The minimum atomic E-state index is 0.181. The van der Waals surface area contributed by atoms with Crippen molar-refractivity contribution < 1.29 is 5.11 Å². The molecule has 1 atom stereocenters. The molecule has 0 radical (unpaired) electrons. The molecular formula is C17H15BrN2OS. The second-order valence-electron chi connectivity index (χ2n) is 5.61.